The molecule has 3 heterocycles. The molecule has 0 amide bonds. The first-order chi connectivity index (χ1) is 13.4. The Kier molecular flexibility index (Phi) is 5.16. The zero-order valence-electron chi connectivity index (χ0n) is 14.7. The highest BCUT2D eigenvalue weighted by atomic mass is 35.5. The van der Waals surface area contributed by atoms with Crippen LogP contribution in [0, 0.1) is 17.6 Å². The van der Waals surface area contributed by atoms with Gasteiger partial charge in [0.15, 0.2) is 11.6 Å². The maximum atomic E-state index is 14.4. The van der Waals surface area contributed by atoms with Gasteiger partial charge in [-0.2, -0.15) is 0 Å². The van der Waals surface area contributed by atoms with Crippen LogP contribution in [0.2, 0.25) is 5.02 Å². The molecule has 1 aliphatic heterocycles. The van der Waals surface area contributed by atoms with Crippen LogP contribution in [0.25, 0.3) is 21.6 Å². The molecule has 0 saturated carbocycles. The van der Waals surface area contributed by atoms with E-state index in [-0.39, 0.29) is 22.3 Å². The Bertz CT molecular complexity index is 1060. The lowest BCUT2D eigenvalue weighted by molar-refractivity contribution is -0.142. The molecule has 0 radical (unpaired) electrons. The second-order valence-electron chi connectivity index (χ2n) is 6.71. The van der Waals surface area contributed by atoms with Crippen molar-refractivity contribution in [3.63, 3.8) is 0 Å². The summed E-state index contributed by atoms with van der Waals surface area (Å²) in [6, 6.07) is 3.71. The summed E-state index contributed by atoms with van der Waals surface area (Å²) in [5.74, 6) is -1.91. The van der Waals surface area contributed by atoms with Crippen LogP contribution in [0.1, 0.15) is 19.3 Å². The minimum atomic E-state index is -0.787. The number of benzene rings is 1. The van der Waals surface area contributed by atoms with Crippen LogP contribution in [-0.2, 0) is 4.79 Å². The number of rotatable bonds is 3. The summed E-state index contributed by atoms with van der Waals surface area (Å²) in [6.45, 7) is 1.17. The average Bonchev–Trinajstić information content (AvgIpc) is 2.99. The van der Waals surface area contributed by atoms with Crippen molar-refractivity contribution in [3.8, 4) is 11.4 Å². The Hall–Kier alpha value is -2.32. The van der Waals surface area contributed by atoms with Crippen LogP contribution in [0.3, 0.4) is 0 Å². The molecule has 28 heavy (non-hydrogen) atoms. The van der Waals surface area contributed by atoms with Gasteiger partial charge in [0.05, 0.1) is 26.7 Å². The van der Waals surface area contributed by atoms with Crippen LogP contribution in [0.15, 0.2) is 23.6 Å². The number of aromatic nitrogens is 2. The molecule has 3 aromatic rings. The minimum absolute atomic E-state index is 0.0607. The summed E-state index contributed by atoms with van der Waals surface area (Å²) in [5, 5.41) is 10.9. The van der Waals surface area contributed by atoms with Gasteiger partial charge in [-0.05, 0) is 42.8 Å². The van der Waals surface area contributed by atoms with Crippen LogP contribution < -0.4 is 4.90 Å². The van der Waals surface area contributed by atoms with E-state index in [2.05, 4.69) is 9.97 Å². The zero-order chi connectivity index (χ0) is 19.8. The molecule has 1 unspecified atom stereocenters. The fourth-order valence-electron chi connectivity index (χ4n) is 3.43. The van der Waals surface area contributed by atoms with E-state index in [4.69, 9.17) is 11.6 Å². The van der Waals surface area contributed by atoms with E-state index in [1.807, 2.05) is 10.3 Å². The van der Waals surface area contributed by atoms with Crippen molar-refractivity contribution in [2.45, 2.75) is 19.3 Å². The van der Waals surface area contributed by atoms with Gasteiger partial charge in [0.1, 0.15) is 11.6 Å². The monoisotopic (exact) mass is 423 g/mol. The first-order valence-electron chi connectivity index (χ1n) is 8.82. The Morgan fingerprint density at radius 2 is 2.04 bits per heavy atom. The minimum Gasteiger partial charge on any atom is -0.481 e. The fraction of sp³-hybridized carbons (Fsp3) is 0.316. The van der Waals surface area contributed by atoms with Gasteiger partial charge in [-0.3, -0.25) is 4.79 Å². The van der Waals surface area contributed by atoms with Gasteiger partial charge in [0.25, 0.3) is 0 Å². The number of anilines is 1. The number of fused-ring (bicyclic) bond motifs is 1. The molecule has 2 aromatic heterocycles. The number of hydrogen-bond acceptors (Lipinski definition) is 5. The average molecular weight is 424 g/mol. The van der Waals surface area contributed by atoms with E-state index < -0.39 is 17.6 Å². The Morgan fingerprint density at radius 3 is 2.82 bits per heavy atom. The van der Waals surface area contributed by atoms with Crippen molar-refractivity contribution in [2.75, 3.05) is 18.0 Å². The number of carbonyl (C=O) groups is 1. The maximum absolute atomic E-state index is 14.4. The van der Waals surface area contributed by atoms with Crippen LogP contribution in [-0.4, -0.2) is 34.1 Å². The largest absolute Gasteiger partial charge is 0.481 e. The van der Waals surface area contributed by atoms with Crippen molar-refractivity contribution in [2.24, 2.45) is 5.92 Å². The molecule has 1 fully saturated rings. The maximum Gasteiger partial charge on any atom is 0.306 e. The number of aliphatic carboxylic acids is 1. The SMILES string of the molecule is O=C(O)C1CCCN(c2nc(-c3cc(F)c(Cl)cc3F)nc3ccsc23)CC1. The molecule has 0 aliphatic carbocycles. The highest BCUT2D eigenvalue weighted by Crippen LogP contribution is 2.34. The molecule has 0 spiro atoms. The second-order valence-corrected chi connectivity index (χ2v) is 8.03. The highest BCUT2D eigenvalue weighted by Gasteiger charge is 2.25. The van der Waals surface area contributed by atoms with Gasteiger partial charge < -0.3 is 10.0 Å². The van der Waals surface area contributed by atoms with E-state index in [0.717, 1.165) is 16.8 Å². The van der Waals surface area contributed by atoms with Crippen molar-refractivity contribution < 1.29 is 18.7 Å². The summed E-state index contributed by atoms with van der Waals surface area (Å²) in [4.78, 5) is 22.3. The normalized spacial score (nSPS) is 17.7. The van der Waals surface area contributed by atoms with Gasteiger partial charge in [-0.1, -0.05) is 11.6 Å². The van der Waals surface area contributed by atoms with Crippen LogP contribution in [0.4, 0.5) is 14.6 Å². The number of thiophene rings is 1. The highest BCUT2D eigenvalue weighted by molar-refractivity contribution is 7.17. The molecule has 4 rings (SSSR count). The first kappa shape index (κ1) is 19.0. The topological polar surface area (TPSA) is 66.3 Å². The molecule has 1 N–H and O–H groups in total. The Balaban J connectivity index is 1.78. The van der Waals surface area contributed by atoms with E-state index >= 15 is 0 Å². The molecule has 1 atom stereocenters. The molecule has 9 heteroatoms. The smallest absolute Gasteiger partial charge is 0.306 e. The van der Waals surface area contributed by atoms with Crippen molar-refractivity contribution in [3.05, 3.63) is 40.2 Å². The van der Waals surface area contributed by atoms with Gasteiger partial charge in [-0.15, -0.1) is 11.3 Å². The summed E-state index contributed by atoms with van der Waals surface area (Å²) in [5.41, 5.74) is 0.577. The number of hydrogen-bond donors (Lipinski definition) is 1. The van der Waals surface area contributed by atoms with Gasteiger partial charge in [0, 0.05) is 13.1 Å². The van der Waals surface area contributed by atoms with Gasteiger partial charge in [-0.25, -0.2) is 18.7 Å². The van der Waals surface area contributed by atoms with E-state index in [1.54, 1.807) is 6.07 Å². The van der Waals surface area contributed by atoms with Gasteiger partial charge >= 0.3 is 5.97 Å². The molecule has 5 nitrogen and oxygen atoms in total. The number of halogens is 3. The van der Waals surface area contributed by atoms with Crippen LogP contribution >= 0.6 is 22.9 Å². The third-order valence-corrected chi connectivity index (χ3v) is 6.10. The molecular weight excluding hydrogens is 408 g/mol. The van der Waals surface area contributed by atoms with E-state index in [0.29, 0.717) is 43.7 Å². The predicted molar refractivity (Wildman–Crippen MR) is 105 cm³/mol. The van der Waals surface area contributed by atoms with E-state index in [1.165, 1.54) is 11.3 Å². The molecule has 146 valence electrons. The summed E-state index contributed by atoms with van der Waals surface area (Å²) >= 11 is 7.11. The van der Waals surface area contributed by atoms with Gasteiger partial charge in [0.2, 0.25) is 0 Å². The van der Waals surface area contributed by atoms with Crippen molar-refractivity contribution >= 4 is 44.9 Å². The first-order valence-corrected chi connectivity index (χ1v) is 10.1. The molecule has 0 bridgehead atoms. The summed E-state index contributed by atoms with van der Waals surface area (Å²) in [6.07, 6.45) is 1.83. The third-order valence-electron chi connectivity index (χ3n) is 4.91. The number of nitrogens with zero attached hydrogens (tertiary/aromatic N) is 3. The summed E-state index contributed by atoms with van der Waals surface area (Å²) in [7, 11) is 0. The zero-order valence-corrected chi connectivity index (χ0v) is 16.2. The molecule has 1 saturated heterocycles. The predicted octanol–water partition coefficient (Wildman–Crippen LogP) is 4.98. The van der Waals surface area contributed by atoms with Crippen molar-refractivity contribution in [1.29, 1.82) is 0 Å². The molecular formula is C19H16ClF2N3O2S. The lowest BCUT2D eigenvalue weighted by atomic mass is 10.0. The lowest BCUT2D eigenvalue weighted by Crippen LogP contribution is -2.26. The quantitative estimate of drug-likeness (QED) is 0.602. The lowest BCUT2D eigenvalue weighted by Gasteiger charge is -2.22. The molecule has 1 aromatic carbocycles. The van der Waals surface area contributed by atoms with Crippen molar-refractivity contribution in [1.82, 2.24) is 9.97 Å². The van der Waals surface area contributed by atoms with Crippen LogP contribution in [0.5, 0.6) is 0 Å². The Morgan fingerprint density at radius 1 is 1.21 bits per heavy atom. The number of carboxylic acids is 1. The Labute approximate surface area is 168 Å². The third kappa shape index (κ3) is 3.54. The second kappa shape index (κ2) is 7.60. The number of carboxylic acid groups (broad SMARTS) is 1. The standard InChI is InChI=1S/C19H16ClF2N3O2S/c20-12-9-13(21)11(8-14(12)22)17-23-15-4-7-28-16(15)18(24-17)25-5-1-2-10(3-6-25)19(26)27/h4,7-10H,1-3,5-6H2,(H,26,27). The molecule has 1 aliphatic rings. The van der Waals surface area contributed by atoms with E-state index in [9.17, 15) is 18.7 Å². The fourth-order valence-corrected chi connectivity index (χ4v) is 4.43. The summed E-state index contributed by atoms with van der Waals surface area (Å²) < 4.78 is 29.2.